The Bertz CT molecular complexity index is 573. The predicted molar refractivity (Wildman–Crippen MR) is 73.5 cm³/mol. The van der Waals surface area contributed by atoms with Gasteiger partial charge in [0.1, 0.15) is 0 Å². The zero-order chi connectivity index (χ0) is 12.0. The van der Waals surface area contributed by atoms with Gasteiger partial charge in [0, 0.05) is 25.1 Å². The van der Waals surface area contributed by atoms with Crippen molar-refractivity contribution in [3.8, 4) is 0 Å². The number of aliphatic imine (C=N–C) groups is 1. The summed E-state index contributed by atoms with van der Waals surface area (Å²) < 4.78 is 0. The zero-order valence-electron chi connectivity index (χ0n) is 10.6. The van der Waals surface area contributed by atoms with Gasteiger partial charge in [0.05, 0.1) is 0 Å². The van der Waals surface area contributed by atoms with Gasteiger partial charge in [-0.25, -0.2) is 0 Å². The summed E-state index contributed by atoms with van der Waals surface area (Å²) in [5, 5.41) is 0. The number of aryl methyl sites for hydroxylation is 1. The minimum absolute atomic E-state index is 0.453. The van der Waals surface area contributed by atoms with Gasteiger partial charge in [-0.05, 0) is 29.2 Å². The second-order valence-corrected chi connectivity index (χ2v) is 4.99. The molecule has 86 valence electrons. The fraction of sp³-hybridized carbons (Fsp3) is 0.312. The molecule has 1 aromatic carbocycles. The van der Waals surface area contributed by atoms with Crippen LogP contribution in [0.4, 0.5) is 0 Å². The number of hydrogen-bond acceptors (Lipinski definition) is 1. The molecular weight excluding hydrogens is 206 g/mol. The predicted octanol–water partition coefficient (Wildman–Crippen LogP) is 3.58. The van der Waals surface area contributed by atoms with E-state index in [0.717, 1.165) is 6.42 Å². The van der Waals surface area contributed by atoms with Crippen LogP contribution in [-0.2, 0) is 6.42 Å². The van der Waals surface area contributed by atoms with Crippen LogP contribution in [0.15, 0.2) is 40.9 Å². The molecule has 0 aliphatic heterocycles. The van der Waals surface area contributed by atoms with E-state index >= 15 is 0 Å². The van der Waals surface area contributed by atoms with Crippen LogP contribution in [0.3, 0.4) is 0 Å². The molecule has 0 amide bonds. The standard InChI is InChI=1S/C16H17N/c1-10-4-6-13-12(8-10)9-15-14(13)7-5-11(2)16(15)17-3/h4-8,11H,9H2,1-3H3. The highest BCUT2D eigenvalue weighted by Gasteiger charge is 2.27. The molecule has 0 fully saturated rings. The van der Waals surface area contributed by atoms with Gasteiger partial charge in [0.2, 0.25) is 0 Å². The fourth-order valence-corrected chi connectivity index (χ4v) is 2.94. The highest BCUT2D eigenvalue weighted by atomic mass is 14.7. The fourth-order valence-electron chi connectivity index (χ4n) is 2.94. The first kappa shape index (κ1) is 10.5. The second kappa shape index (κ2) is 3.69. The number of benzene rings is 1. The lowest BCUT2D eigenvalue weighted by molar-refractivity contribution is 0.973. The molecule has 0 spiro atoms. The van der Waals surface area contributed by atoms with E-state index in [1.165, 1.54) is 33.5 Å². The summed E-state index contributed by atoms with van der Waals surface area (Å²) in [7, 11) is 1.91. The van der Waals surface area contributed by atoms with Crippen molar-refractivity contribution in [2.24, 2.45) is 10.9 Å². The van der Waals surface area contributed by atoms with E-state index in [1.54, 1.807) is 0 Å². The van der Waals surface area contributed by atoms with Crippen molar-refractivity contribution in [1.82, 2.24) is 0 Å². The summed E-state index contributed by atoms with van der Waals surface area (Å²) in [5.74, 6) is 0.453. The molecule has 0 N–H and O–H groups in total. The van der Waals surface area contributed by atoms with Crippen LogP contribution in [0.5, 0.6) is 0 Å². The maximum absolute atomic E-state index is 4.48. The van der Waals surface area contributed by atoms with Crippen LogP contribution in [0.25, 0.3) is 5.57 Å². The van der Waals surface area contributed by atoms with Crippen molar-refractivity contribution in [2.75, 3.05) is 7.05 Å². The van der Waals surface area contributed by atoms with Crippen LogP contribution in [-0.4, -0.2) is 12.8 Å². The average Bonchev–Trinajstić information content (AvgIpc) is 2.66. The number of allylic oxidation sites excluding steroid dienone is 4. The number of rotatable bonds is 0. The third-order valence-electron chi connectivity index (χ3n) is 3.78. The Kier molecular flexibility index (Phi) is 2.29. The highest BCUT2D eigenvalue weighted by molar-refractivity contribution is 6.13. The molecule has 3 rings (SSSR count). The van der Waals surface area contributed by atoms with E-state index in [0.29, 0.717) is 5.92 Å². The molecule has 0 heterocycles. The summed E-state index contributed by atoms with van der Waals surface area (Å²) in [5.41, 5.74) is 8.28. The van der Waals surface area contributed by atoms with Gasteiger partial charge >= 0.3 is 0 Å². The minimum Gasteiger partial charge on any atom is -0.292 e. The van der Waals surface area contributed by atoms with E-state index < -0.39 is 0 Å². The first-order valence-corrected chi connectivity index (χ1v) is 6.19. The quantitative estimate of drug-likeness (QED) is 0.637. The molecule has 0 bridgehead atoms. The maximum Gasteiger partial charge on any atom is 0.0452 e. The maximum atomic E-state index is 4.48. The molecule has 1 atom stereocenters. The van der Waals surface area contributed by atoms with Gasteiger partial charge in [0.25, 0.3) is 0 Å². The molecule has 17 heavy (non-hydrogen) atoms. The van der Waals surface area contributed by atoms with Gasteiger partial charge in [-0.1, -0.05) is 42.8 Å². The van der Waals surface area contributed by atoms with E-state index in [1.807, 2.05) is 7.05 Å². The van der Waals surface area contributed by atoms with Crippen molar-refractivity contribution in [2.45, 2.75) is 20.3 Å². The molecule has 0 radical (unpaired) electrons. The Hall–Kier alpha value is -1.63. The van der Waals surface area contributed by atoms with E-state index in [-0.39, 0.29) is 0 Å². The average molecular weight is 223 g/mol. The van der Waals surface area contributed by atoms with Crippen LogP contribution >= 0.6 is 0 Å². The third kappa shape index (κ3) is 1.49. The summed E-state index contributed by atoms with van der Waals surface area (Å²) in [4.78, 5) is 4.48. The van der Waals surface area contributed by atoms with Crippen molar-refractivity contribution in [3.05, 3.63) is 52.6 Å². The first-order valence-electron chi connectivity index (χ1n) is 6.19. The van der Waals surface area contributed by atoms with Gasteiger partial charge in [-0.2, -0.15) is 0 Å². The van der Waals surface area contributed by atoms with E-state index in [2.05, 4.69) is 49.2 Å². The topological polar surface area (TPSA) is 12.4 Å². The Morgan fingerprint density at radius 3 is 2.88 bits per heavy atom. The molecule has 0 saturated heterocycles. The largest absolute Gasteiger partial charge is 0.292 e. The van der Waals surface area contributed by atoms with Crippen molar-refractivity contribution in [1.29, 1.82) is 0 Å². The van der Waals surface area contributed by atoms with E-state index in [4.69, 9.17) is 0 Å². The number of nitrogens with zero attached hydrogens (tertiary/aromatic N) is 1. The first-order chi connectivity index (χ1) is 8.20. The smallest absolute Gasteiger partial charge is 0.0452 e. The monoisotopic (exact) mass is 223 g/mol. The Morgan fingerprint density at radius 1 is 1.29 bits per heavy atom. The van der Waals surface area contributed by atoms with Crippen molar-refractivity contribution < 1.29 is 0 Å². The van der Waals surface area contributed by atoms with E-state index in [9.17, 15) is 0 Å². The number of hydrogen-bond donors (Lipinski definition) is 0. The molecule has 1 unspecified atom stereocenters. The Labute approximate surface area is 103 Å². The van der Waals surface area contributed by atoms with Crippen LogP contribution in [0.1, 0.15) is 23.6 Å². The van der Waals surface area contributed by atoms with Crippen LogP contribution < -0.4 is 0 Å². The normalized spacial score (nSPS) is 24.2. The minimum atomic E-state index is 0.453. The lowest BCUT2D eigenvalue weighted by Crippen LogP contribution is -2.15. The lowest BCUT2D eigenvalue weighted by atomic mass is 9.89. The van der Waals surface area contributed by atoms with Gasteiger partial charge in [-0.15, -0.1) is 0 Å². The molecule has 1 heteroatoms. The summed E-state index contributed by atoms with van der Waals surface area (Å²) >= 11 is 0. The summed E-state index contributed by atoms with van der Waals surface area (Å²) in [6, 6.07) is 6.75. The number of fused-ring (bicyclic) bond motifs is 2. The molecule has 1 aromatic rings. The van der Waals surface area contributed by atoms with Crippen molar-refractivity contribution >= 4 is 11.3 Å². The third-order valence-corrected chi connectivity index (χ3v) is 3.78. The van der Waals surface area contributed by atoms with Crippen molar-refractivity contribution in [3.63, 3.8) is 0 Å². The van der Waals surface area contributed by atoms with Crippen LogP contribution in [0, 0.1) is 12.8 Å². The van der Waals surface area contributed by atoms with Gasteiger partial charge in [0.15, 0.2) is 0 Å². The molecule has 0 saturated carbocycles. The van der Waals surface area contributed by atoms with Gasteiger partial charge < -0.3 is 0 Å². The lowest BCUT2D eigenvalue weighted by Gasteiger charge is -2.17. The molecule has 0 aromatic heterocycles. The molecule has 1 nitrogen and oxygen atoms in total. The molecule has 2 aliphatic rings. The zero-order valence-corrected chi connectivity index (χ0v) is 10.6. The van der Waals surface area contributed by atoms with Crippen LogP contribution in [0.2, 0.25) is 0 Å². The highest BCUT2D eigenvalue weighted by Crippen LogP contribution is 2.38. The Balaban J connectivity index is 2.15. The van der Waals surface area contributed by atoms with Gasteiger partial charge in [-0.3, -0.25) is 4.99 Å². The molecule has 2 aliphatic carbocycles. The second-order valence-electron chi connectivity index (χ2n) is 4.99. The molecular formula is C16H17N. The summed E-state index contributed by atoms with van der Waals surface area (Å²) in [6.45, 7) is 4.38. The summed E-state index contributed by atoms with van der Waals surface area (Å²) in [6.07, 6.45) is 5.58. The Morgan fingerprint density at radius 2 is 2.12 bits per heavy atom. The SMILES string of the molecule is CN=C1C2=C(C=CC1C)c1ccc(C)cc1C2.